The van der Waals surface area contributed by atoms with Gasteiger partial charge >= 0.3 is 0 Å². The van der Waals surface area contributed by atoms with Crippen LogP contribution in [0.5, 0.6) is 0 Å². The van der Waals surface area contributed by atoms with E-state index in [4.69, 9.17) is 0 Å². The summed E-state index contributed by atoms with van der Waals surface area (Å²) in [7, 11) is 0. The average Bonchev–Trinajstić information content (AvgIpc) is 3.36. The predicted molar refractivity (Wildman–Crippen MR) is 195 cm³/mol. The molecule has 8 rings (SSSR count). The maximum atomic E-state index is 2.41. The first-order valence-corrected chi connectivity index (χ1v) is 16.0. The van der Waals surface area contributed by atoms with Gasteiger partial charge in [0.15, 0.2) is 0 Å². The van der Waals surface area contributed by atoms with Crippen molar-refractivity contribution in [1.82, 2.24) is 0 Å². The van der Waals surface area contributed by atoms with Gasteiger partial charge in [0.1, 0.15) is 0 Å². The molecule has 0 bridgehead atoms. The highest BCUT2D eigenvalue weighted by Gasteiger charge is 2.37. The Bertz CT molecular complexity index is 2040. The third kappa shape index (κ3) is 4.82. The largest absolute Gasteiger partial charge is 0.310 e. The van der Waals surface area contributed by atoms with Gasteiger partial charge in [-0.2, -0.15) is 0 Å². The topological polar surface area (TPSA) is 3.24 Å². The Morgan fingerprint density at radius 2 is 0.804 bits per heavy atom. The summed E-state index contributed by atoms with van der Waals surface area (Å²) in [6.45, 7) is 4.71. The zero-order valence-corrected chi connectivity index (χ0v) is 26.2. The van der Waals surface area contributed by atoms with E-state index in [2.05, 4.69) is 195 Å². The van der Waals surface area contributed by atoms with E-state index >= 15 is 0 Å². The van der Waals surface area contributed by atoms with Gasteiger partial charge in [0.25, 0.3) is 0 Å². The predicted octanol–water partition coefficient (Wildman–Crippen LogP) is 12.5. The maximum Gasteiger partial charge on any atom is 0.0468 e. The molecule has 1 heteroatoms. The minimum absolute atomic E-state index is 0.0898. The lowest BCUT2D eigenvalue weighted by atomic mass is 9.82. The van der Waals surface area contributed by atoms with Crippen molar-refractivity contribution in [2.75, 3.05) is 4.90 Å². The van der Waals surface area contributed by atoms with Gasteiger partial charge in [0, 0.05) is 22.5 Å². The Balaban J connectivity index is 1.28. The highest BCUT2D eigenvalue weighted by atomic mass is 15.1. The SMILES string of the molecule is CC1(C)c2ccc(N(c3ccc(-c4ccccc4)cc3)c3ccc(-c4ccccc4)cc3)cc2-c2c(-c3ccccc3)cccc21. The third-order valence-corrected chi connectivity index (χ3v) is 9.49. The van der Waals surface area contributed by atoms with Crippen LogP contribution >= 0.6 is 0 Å². The summed E-state index contributed by atoms with van der Waals surface area (Å²) < 4.78 is 0. The highest BCUT2D eigenvalue weighted by molar-refractivity contribution is 5.94. The number of anilines is 3. The Hall–Kier alpha value is -5.66. The summed E-state index contributed by atoms with van der Waals surface area (Å²) >= 11 is 0. The number of nitrogens with zero attached hydrogens (tertiary/aromatic N) is 1. The van der Waals surface area contributed by atoms with Crippen molar-refractivity contribution in [3.05, 3.63) is 187 Å². The van der Waals surface area contributed by atoms with Crippen LogP contribution in [0, 0.1) is 0 Å². The van der Waals surface area contributed by atoms with Crippen molar-refractivity contribution in [3.8, 4) is 44.5 Å². The fourth-order valence-electron chi connectivity index (χ4n) is 7.10. The minimum atomic E-state index is -0.0898. The molecule has 0 aromatic heterocycles. The van der Waals surface area contributed by atoms with E-state index in [0.29, 0.717) is 0 Å². The highest BCUT2D eigenvalue weighted by Crippen LogP contribution is 2.53. The van der Waals surface area contributed by atoms with E-state index in [1.165, 1.54) is 55.6 Å². The molecule has 0 aliphatic heterocycles. The Morgan fingerprint density at radius 1 is 0.348 bits per heavy atom. The molecule has 0 atom stereocenters. The lowest BCUT2D eigenvalue weighted by Gasteiger charge is -2.27. The summed E-state index contributed by atoms with van der Waals surface area (Å²) in [4.78, 5) is 2.39. The third-order valence-electron chi connectivity index (χ3n) is 9.49. The van der Waals surface area contributed by atoms with E-state index in [9.17, 15) is 0 Å². The second-order valence-corrected chi connectivity index (χ2v) is 12.6. The Labute approximate surface area is 272 Å². The first-order valence-electron chi connectivity index (χ1n) is 16.0. The molecule has 0 spiro atoms. The lowest BCUT2D eigenvalue weighted by Crippen LogP contribution is -2.15. The molecule has 0 heterocycles. The summed E-state index contributed by atoms with van der Waals surface area (Å²) in [5, 5.41) is 0. The number of rotatable bonds is 6. The van der Waals surface area contributed by atoms with Crippen molar-refractivity contribution in [2.24, 2.45) is 0 Å². The minimum Gasteiger partial charge on any atom is -0.310 e. The smallest absolute Gasteiger partial charge is 0.0468 e. The molecule has 1 aliphatic rings. The van der Waals surface area contributed by atoms with Crippen LogP contribution in [0.2, 0.25) is 0 Å². The quantitative estimate of drug-likeness (QED) is 0.186. The zero-order chi connectivity index (χ0) is 31.1. The molecule has 0 unspecified atom stereocenters. The molecule has 0 fully saturated rings. The van der Waals surface area contributed by atoms with Crippen molar-refractivity contribution in [2.45, 2.75) is 19.3 Å². The number of hydrogen-bond acceptors (Lipinski definition) is 1. The lowest BCUT2D eigenvalue weighted by molar-refractivity contribution is 0.660. The molecule has 0 saturated heterocycles. The molecule has 1 aliphatic carbocycles. The van der Waals surface area contributed by atoms with Crippen LogP contribution in [0.15, 0.2) is 176 Å². The monoisotopic (exact) mass is 589 g/mol. The van der Waals surface area contributed by atoms with Crippen molar-refractivity contribution in [1.29, 1.82) is 0 Å². The van der Waals surface area contributed by atoms with Crippen molar-refractivity contribution in [3.63, 3.8) is 0 Å². The van der Waals surface area contributed by atoms with Crippen LogP contribution < -0.4 is 4.90 Å². The number of hydrogen-bond donors (Lipinski definition) is 0. The van der Waals surface area contributed by atoms with Gasteiger partial charge in [-0.1, -0.05) is 153 Å². The summed E-state index contributed by atoms with van der Waals surface area (Å²) in [6.07, 6.45) is 0. The van der Waals surface area contributed by atoms with Crippen LogP contribution in [-0.2, 0) is 5.41 Å². The average molecular weight is 590 g/mol. The molecule has 1 nitrogen and oxygen atoms in total. The first-order chi connectivity index (χ1) is 22.6. The fraction of sp³-hybridized carbons (Fsp3) is 0.0667. The van der Waals surface area contributed by atoms with Crippen molar-refractivity contribution >= 4 is 17.1 Å². The Morgan fingerprint density at radius 3 is 1.33 bits per heavy atom. The molecular weight excluding hydrogens is 555 g/mol. The van der Waals surface area contributed by atoms with Gasteiger partial charge in [-0.25, -0.2) is 0 Å². The van der Waals surface area contributed by atoms with E-state index in [0.717, 1.165) is 17.1 Å². The van der Waals surface area contributed by atoms with E-state index in [1.54, 1.807) is 0 Å². The summed E-state index contributed by atoms with van der Waals surface area (Å²) in [5.74, 6) is 0. The molecule has 0 saturated carbocycles. The van der Waals surface area contributed by atoms with Gasteiger partial charge in [0.2, 0.25) is 0 Å². The van der Waals surface area contributed by atoms with Crippen LogP contribution in [0.4, 0.5) is 17.1 Å². The van der Waals surface area contributed by atoms with Gasteiger partial charge in [-0.3, -0.25) is 0 Å². The van der Waals surface area contributed by atoms with E-state index in [1.807, 2.05) is 0 Å². The van der Waals surface area contributed by atoms with Crippen LogP contribution in [0.3, 0.4) is 0 Å². The fourth-order valence-corrected chi connectivity index (χ4v) is 7.10. The molecule has 220 valence electrons. The molecule has 0 amide bonds. The normalized spacial score (nSPS) is 12.7. The zero-order valence-electron chi connectivity index (χ0n) is 26.2. The Kier molecular flexibility index (Phi) is 6.88. The van der Waals surface area contributed by atoms with Crippen LogP contribution in [0.1, 0.15) is 25.0 Å². The number of benzene rings is 7. The molecule has 7 aromatic carbocycles. The van der Waals surface area contributed by atoms with Crippen LogP contribution in [0.25, 0.3) is 44.5 Å². The first kappa shape index (κ1) is 27.9. The molecular formula is C45H35N. The van der Waals surface area contributed by atoms with E-state index in [-0.39, 0.29) is 5.41 Å². The second-order valence-electron chi connectivity index (χ2n) is 12.6. The second kappa shape index (κ2) is 11.4. The molecule has 46 heavy (non-hydrogen) atoms. The molecule has 0 N–H and O–H groups in total. The van der Waals surface area contributed by atoms with Gasteiger partial charge in [-0.05, 0) is 92.0 Å². The van der Waals surface area contributed by atoms with Crippen LogP contribution in [-0.4, -0.2) is 0 Å². The molecule has 0 radical (unpaired) electrons. The standard InChI is InChI=1S/C45H35N/c1-45(2)42-30-29-39(31-41(42)44-40(19-12-20-43(44)45)36-17-10-5-11-18-36)46(37-25-21-34(22-26-37)32-13-6-3-7-14-32)38-27-23-35(24-28-38)33-15-8-4-9-16-33/h3-31H,1-2H3. The van der Waals surface area contributed by atoms with Gasteiger partial charge < -0.3 is 4.90 Å². The van der Waals surface area contributed by atoms with E-state index < -0.39 is 0 Å². The summed E-state index contributed by atoms with van der Waals surface area (Å²) in [6, 6.07) is 63.7. The van der Waals surface area contributed by atoms with Gasteiger partial charge in [-0.15, -0.1) is 0 Å². The number of fused-ring (bicyclic) bond motifs is 3. The molecule has 7 aromatic rings. The van der Waals surface area contributed by atoms with Crippen molar-refractivity contribution < 1.29 is 0 Å². The maximum absolute atomic E-state index is 2.41. The summed E-state index contributed by atoms with van der Waals surface area (Å²) in [5.41, 5.74) is 16.1. The van der Waals surface area contributed by atoms with Gasteiger partial charge in [0.05, 0.1) is 0 Å².